The number of hydrogen-bond donors (Lipinski definition) is 1. The molecule has 0 saturated carbocycles. The molecule has 0 unspecified atom stereocenters. The van der Waals surface area contributed by atoms with Gasteiger partial charge < -0.3 is 9.73 Å². The molecule has 0 spiro atoms. The third-order valence-electron chi connectivity index (χ3n) is 2.85. The minimum atomic E-state index is -0.132. The molecule has 3 nitrogen and oxygen atoms in total. The Labute approximate surface area is 127 Å². The Balaban J connectivity index is 2.33. The molecule has 0 radical (unpaired) electrons. The topological polar surface area (TPSA) is 42.2 Å². The van der Waals surface area contributed by atoms with Crippen LogP contribution in [0, 0.1) is 6.92 Å². The Hall–Kier alpha value is -1.45. The number of carbonyl (C=O) groups excluding carboxylic acids is 1. The van der Waals surface area contributed by atoms with Crippen molar-refractivity contribution in [2.24, 2.45) is 0 Å². The van der Waals surface area contributed by atoms with Crippen LogP contribution in [-0.4, -0.2) is 12.5 Å². The second-order valence-electron chi connectivity index (χ2n) is 4.49. The molecule has 1 aromatic heterocycles. The highest BCUT2D eigenvalue weighted by atomic mass is 35.5. The van der Waals surface area contributed by atoms with Gasteiger partial charge in [0, 0.05) is 22.2 Å². The number of amides is 1. The molecule has 0 aliphatic heterocycles. The smallest absolute Gasteiger partial charge is 0.254 e. The van der Waals surface area contributed by atoms with Gasteiger partial charge in [-0.2, -0.15) is 0 Å². The van der Waals surface area contributed by atoms with Crippen LogP contribution in [0.4, 0.5) is 0 Å². The van der Waals surface area contributed by atoms with E-state index in [1.165, 1.54) is 0 Å². The van der Waals surface area contributed by atoms with Gasteiger partial charge in [-0.1, -0.05) is 30.1 Å². The normalized spacial score (nSPS) is 10.6. The first-order valence-electron chi connectivity index (χ1n) is 6.36. The maximum Gasteiger partial charge on any atom is 0.254 e. The highest BCUT2D eigenvalue weighted by molar-refractivity contribution is 6.35. The van der Waals surface area contributed by atoms with E-state index in [1.807, 2.05) is 6.92 Å². The monoisotopic (exact) mass is 311 g/mol. The predicted molar refractivity (Wildman–Crippen MR) is 81.5 cm³/mol. The molecule has 0 aliphatic rings. The number of nitrogens with one attached hydrogen (secondary N) is 1. The molecule has 5 heteroatoms. The number of aryl methyl sites for hydroxylation is 1. The summed E-state index contributed by atoms with van der Waals surface area (Å²) in [5, 5.41) is 3.88. The first-order valence-corrected chi connectivity index (χ1v) is 7.12. The summed E-state index contributed by atoms with van der Waals surface area (Å²) in [6.07, 6.45) is 0.888. The highest BCUT2D eigenvalue weighted by Gasteiger charge is 2.16. The summed E-state index contributed by atoms with van der Waals surface area (Å²) >= 11 is 11.9. The molecular weight excluding hydrogens is 297 g/mol. The molecule has 0 bridgehead atoms. The Kier molecular flexibility index (Phi) is 4.73. The summed E-state index contributed by atoms with van der Waals surface area (Å²) in [6, 6.07) is 6.86. The third-order valence-corrected chi connectivity index (χ3v) is 3.28. The number of rotatable bonds is 4. The van der Waals surface area contributed by atoms with E-state index in [-0.39, 0.29) is 5.91 Å². The molecule has 0 aliphatic carbocycles. The lowest BCUT2D eigenvalue weighted by molar-refractivity contribution is 0.0952. The lowest BCUT2D eigenvalue weighted by Crippen LogP contribution is -2.24. The summed E-state index contributed by atoms with van der Waals surface area (Å²) in [4.78, 5) is 12.0. The zero-order valence-corrected chi connectivity index (χ0v) is 12.8. The van der Waals surface area contributed by atoms with Crippen molar-refractivity contribution in [3.8, 4) is 11.3 Å². The minimum absolute atomic E-state index is 0.132. The second-order valence-corrected chi connectivity index (χ2v) is 5.37. The van der Waals surface area contributed by atoms with Crippen molar-refractivity contribution in [1.82, 2.24) is 5.32 Å². The predicted octanol–water partition coefficient (Wildman–Crippen LogP) is 4.70. The minimum Gasteiger partial charge on any atom is -0.461 e. The Bertz CT molecular complexity index is 615. The standard InChI is InChI=1S/C15H15Cl2NO2/c1-3-4-18-15(19)13-8-14(20-9(13)2)10-5-11(16)7-12(17)6-10/h5-8H,3-4H2,1-2H3,(H,18,19). The van der Waals surface area contributed by atoms with E-state index in [2.05, 4.69) is 5.32 Å². The van der Waals surface area contributed by atoms with Gasteiger partial charge in [0.15, 0.2) is 0 Å². The lowest BCUT2D eigenvalue weighted by atomic mass is 10.1. The molecule has 1 N–H and O–H groups in total. The van der Waals surface area contributed by atoms with Crippen molar-refractivity contribution < 1.29 is 9.21 Å². The van der Waals surface area contributed by atoms with Crippen molar-refractivity contribution >= 4 is 29.1 Å². The van der Waals surface area contributed by atoms with Crippen molar-refractivity contribution in [3.63, 3.8) is 0 Å². The van der Waals surface area contributed by atoms with E-state index in [0.29, 0.717) is 33.7 Å². The average Bonchev–Trinajstić information content (AvgIpc) is 2.77. The van der Waals surface area contributed by atoms with Gasteiger partial charge in [0.25, 0.3) is 5.91 Å². The number of furan rings is 1. The molecule has 20 heavy (non-hydrogen) atoms. The van der Waals surface area contributed by atoms with E-state index in [4.69, 9.17) is 27.6 Å². The largest absolute Gasteiger partial charge is 0.461 e. The molecule has 1 aromatic carbocycles. The van der Waals surface area contributed by atoms with Crippen LogP contribution < -0.4 is 5.32 Å². The van der Waals surface area contributed by atoms with Crippen LogP contribution in [-0.2, 0) is 0 Å². The SMILES string of the molecule is CCCNC(=O)c1cc(-c2cc(Cl)cc(Cl)c2)oc1C. The zero-order chi connectivity index (χ0) is 14.7. The van der Waals surface area contributed by atoms with Gasteiger partial charge in [-0.3, -0.25) is 4.79 Å². The molecule has 0 saturated heterocycles. The van der Waals surface area contributed by atoms with Crippen LogP contribution in [0.5, 0.6) is 0 Å². The summed E-state index contributed by atoms with van der Waals surface area (Å²) < 4.78 is 5.63. The maximum atomic E-state index is 12.0. The van der Waals surface area contributed by atoms with Crippen LogP contribution in [0.2, 0.25) is 10.0 Å². The van der Waals surface area contributed by atoms with Crippen molar-refractivity contribution in [2.75, 3.05) is 6.54 Å². The molecule has 2 rings (SSSR count). The van der Waals surface area contributed by atoms with E-state index >= 15 is 0 Å². The van der Waals surface area contributed by atoms with Crippen LogP contribution in [0.1, 0.15) is 29.5 Å². The summed E-state index contributed by atoms with van der Waals surface area (Å²) in [7, 11) is 0. The Morgan fingerprint density at radius 3 is 2.45 bits per heavy atom. The number of halogens is 2. The van der Waals surface area contributed by atoms with Crippen LogP contribution in [0.15, 0.2) is 28.7 Å². The second kappa shape index (κ2) is 6.33. The molecular formula is C15H15Cl2NO2. The Morgan fingerprint density at radius 1 is 1.20 bits per heavy atom. The molecule has 2 aromatic rings. The summed E-state index contributed by atoms with van der Waals surface area (Å²) in [5.74, 6) is 1.02. The van der Waals surface area contributed by atoms with Gasteiger partial charge in [-0.15, -0.1) is 0 Å². The average molecular weight is 312 g/mol. The zero-order valence-electron chi connectivity index (χ0n) is 11.3. The highest BCUT2D eigenvalue weighted by Crippen LogP contribution is 2.30. The van der Waals surface area contributed by atoms with Gasteiger partial charge in [0.05, 0.1) is 5.56 Å². The van der Waals surface area contributed by atoms with Crippen LogP contribution in [0.25, 0.3) is 11.3 Å². The van der Waals surface area contributed by atoms with Crippen molar-refractivity contribution in [1.29, 1.82) is 0 Å². The quantitative estimate of drug-likeness (QED) is 0.889. The number of carbonyl (C=O) groups is 1. The molecule has 1 amide bonds. The van der Waals surface area contributed by atoms with E-state index < -0.39 is 0 Å². The fourth-order valence-electron chi connectivity index (χ4n) is 1.88. The van der Waals surface area contributed by atoms with E-state index in [9.17, 15) is 4.79 Å². The Morgan fingerprint density at radius 2 is 1.85 bits per heavy atom. The first kappa shape index (κ1) is 14.9. The fourth-order valence-corrected chi connectivity index (χ4v) is 2.41. The lowest BCUT2D eigenvalue weighted by Gasteiger charge is -2.00. The van der Waals surface area contributed by atoms with Gasteiger partial charge in [0.2, 0.25) is 0 Å². The van der Waals surface area contributed by atoms with E-state index in [1.54, 1.807) is 31.2 Å². The van der Waals surface area contributed by atoms with Gasteiger partial charge in [-0.25, -0.2) is 0 Å². The van der Waals surface area contributed by atoms with Gasteiger partial charge in [0.1, 0.15) is 11.5 Å². The van der Waals surface area contributed by atoms with Gasteiger partial charge in [-0.05, 0) is 37.6 Å². The molecule has 1 heterocycles. The molecule has 0 fully saturated rings. The third kappa shape index (κ3) is 3.35. The maximum absolute atomic E-state index is 12.0. The van der Waals surface area contributed by atoms with Crippen LogP contribution in [0.3, 0.4) is 0 Å². The molecule has 106 valence electrons. The van der Waals surface area contributed by atoms with Crippen molar-refractivity contribution in [2.45, 2.75) is 20.3 Å². The van der Waals surface area contributed by atoms with Crippen molar-refractivity contribution in [3.05, 3.63) is 45.6 Å². The van der Waals surface area contributed by atoms with Gasteiger partial charge >= 0.3 is 0 Å². The first-order chi connectivity index (χ1) is 9.51. The van der Waals surface area contributed by atoms with Crippen LogP contribution >= 0.6 is 23.2 Å². The fraction of sp³-hybridized carbons (Fsp3) is 0.267. The number of benzene rings is 1. The summed E-state index contributed by atoms with van der Waals surface area (Å²) in [5.41, 5.74) is 1.28. The summed E-state index contributed by atoms with van der Waals surface area (Å²) in [6.45, 7) is 4.40. The molecule has 0 atom stereocenters. The number of hydrogen-bond acceptors (Lipinski definition) is 2. The van der Waals surface area contributed by atoms with E-state index in [0.717, 1.165) is 12.0 Å².